The van der Waals surface area contributed by atoms with E-state index in [1.165, 1.54) is 0 Å². The van der Waals surface area contributed by atoms with E-state index in [-0.39, 0.29) is 0 Å². The van der Waals surface area contributed by atoms with Crippen LogP contribution < -0.4 is 4.90 Å². The number of anilines is 1. The second-order valence-electron chi connectivity index (χ2n) is 4.12. The van der Waals surface area contributed by atoms with Crippen molar-refractivity contribution in [1.29, 1.82) is 0 Å². The lowest BCUT2D eigenvalue weighted by Gasteiger charge is -2.18. The number of H-pyrrole nitrogens is 1. The second kappa shape index (κ2) is 6.49. The van der Waals surface area contributed by atoms with E-state index >= 15 is 0 Å². The molecule has 2 aromatic rings. The van der Waals surface area contributed by atoms with Crippen LogP contribution in [0.25, 0.3) is 5.69 Å². The van der Waals surface area contributed by atoms with Crippen molar-refractivity contribution in [3.05, 3.63) is 35.1 Å². The fourth-order valence-electron chi connectivity index (χ4n) is 1.80. The summed E-state index contributed by atoms with van der Waals surface area (Å²) >= 11 is 5.30. The Bertz CT molecular complexity index is 564. The molecule has 19 heavy (non-hydrogen) atoms. The zero-order valence-corrected chi connectivity index (χ0v) is 12.0. The van der Waals surface area contributed by atoms with Crippen LogP contribution in [0, 0.1) is 4.77 Å². The summed E-state index contributed by atoms with van der Waals surface area (Å²) in [5, 5.41) is 7.13. The van der Waals surface area contributed by atoms with Crippen molar-refractivity contribution in [1.82, 2.24) is 14.8 Å². The summed E-state index contributed by atoms with van der Waals surface area (Å²) in [4.78, 5) is 2.02. The number of nitrogens with one attached hydrogen (secondary N) is 1. The van der Waals surface area contributed by atoms with E-state index in [0.29, 0.717) is 11.4 Å². The van der Waals surface area contributed by atoms with Crippen LogP contribution in [0.5, 0.6) is 0 Å². The first-order chi connectivity index (χ1) is 9.24. The normalized spacial score (nSPS) is 10.6. The van der Waals surface area contributed by atoms with Crippen molar-refractivity contribution >= 4 is 18.2 Å². The number of hydrogen-bond donors (Lipinski definition) is 1. The van der Waals surface area contributed by atoms with Gasteiger partial charge in [-0.15, -0.1) is 5.10 Å². The van der Waals surface area contributed by atoms with Gasteiger partial charge in [0.25, 0.3) is 0 Å². The molecule has 0 radical (unpaired) electrons. The molecule has 0 aliphatic carbocycles. The van der Waals surface area contributed by atoms with Crippen molar-refractivity contribution in [2.24, 2.45) is 0 Å². The largest absolute Gasteiger partial charge is 0.380 e. The molecule has 6 heteroatoms. The van der Waals surface area contributed by atoms with Crippen molar-refractivity contribution in [2.75, 3.05) is 31.7 Å². The molecule has 1 aromatic heterocycles. The van der Waals surface area contributed by atoms with Gasteiger partial charge in [0, 0.05) is 20.2 Å². The first kappa shape index (κ1) is 13.8. The summed E-state index contributed by atoms with van der Waals surface area (Å²) in [6, 6.07) is 9.95. The van der Waals surface area contributed by atoms with Crippen molar-refractivity contribution in [2.45, 2.75) is 6.92 Å². The molecule has 0 unspecified atom stereocenters. The van der Waals surface area contributed by atoms with Crippen molar-refractivity contribution < 1.29 is 4.74 Å². The van der Waals surface area contributed by atoms with Gasteiger partial charge in [0.05, 0.1) is 12.3 Å². The number of rotatable bonds is 6. The minimum atomic E-state index is 0.587. The Labute approximate surface area is 117 Å². The number of likely N-dealkylation sites (N-methyl/N-ethyl adjacent to an activating group) is 1. The molecule has 0 fully saturated rings. The van der Waals surface area contributed by atoms with E-state index in [1.807, 2.05) is 53.8 Å². The molecule has 102 valence electrons. The summed E-state index contributed by atoms with van der Waals surface area (Å²) in [5.41, 5.74) is 1.000. The smallest absolute Gasteiger partial charge is 0.230 e. The fourth-order valence-corrected chi connectivity index (χ4v) is 2.03. The van der Waals surface area contributed by atoms with Gasteiger partial charge < -0.3 is 9.64 Å². The van der Waals surface area contributed by atoms with E-state index in [9.17, 15) is 0 Å². The van der Waals surface area contributed by atoms with Crippen LogP contribution in [0.1, 0.15) is 6.92 Å². The molecule has 1 aromatic carbocycles. The Hall–Kier alpha value is -1.66. The van der Waals surface area contributed by atoms with E-state index in [0.717, 1.165) is 24.8 Å². The molecule has 1 N–H and O–H groups in total. The Balaban J connectivity index is 2.25. The van der Waals surface area contributed by atoms with Crippen LogP contribution >= 0.6 is 12.2 Å². The molecule has 0 bridgehead atoms. The maximum atomic E-state index is 5.36. The zero-order chi connectivity index (χ0) is 13.7. The maximum Gasteiger partial charge on any atom is 0.230 e. The molecule has 0 spiro atoms. The average Bonchev–Trinajstić information content (AvgIpc) is 2.82. The molecule has 0 amide bonds. The summed E-state index contributed by atoms with van der Waals surface area (Å²) in [6.45, 7) is 4.14. The van der Waals surface area contributed by atoms with Gasteiger partial charge in [-0.25, -0.2) is 5.10 Å². The van der Waals surface area contributed by atoms with Crippen LogP contribution in [-0.2, 0) is 4.74 Å². The van der Waals surface area contributed by atoms with Crippen LogP contribution in [0.3, 0.4) is 0 Å². The van der Waals surface area contributed by atoms with Gasteiger partial charge in [-0.2, -0.15) is 0 Å². The summed E-state index contributed by atoms with van der Waals surface area (Å²) in [6.07, 6.45) is 0. The lowest BCUT2D eigenvalue weighted by Crippen LogP contribution is -2.25. The van der Waals surface area contributed by atoms with Gasteiger partial charge in [-0.1, -0.05) is 18.2 Å². The minimum Gasteiger partial charge on any atom is -0.380 e. The molecule has 5 nitrogen and oxygen atoms in total. The van der Waals surface area contributed by atoms with Crippen molar-refractivity contribution in [3.8, 4) is 5.69 Å². The van der Waals surface area contributed by atoms with E-state index < -0.39 is 0 Å². The monoisotopic (exact) mass is 278 g/mol. The second-order valence-corrected chi connectivity index (χ2v) is 4.50. The van der Waals surface area contributed by atoms with E-state index in [1.54, 1.807) is 0 Å². The predicted octanol–water partition coefficient (Wildman–Crippen LogP) is 2.40. The predicted molar refractivity (Wildman–Crippen MR) is 78.5 cm³/mol. The number of benzene rings is 1. The highest BCUT2D eigenvalue weighted by atomic mass is 32.1. The SMILES string of the molecule is CCOCCN(C)c1n[nH]c(=S)n1-c1ccccc1. The summed E-state index contributed by atoms with van der Waals surface area (Å²) in [5.74, 6) is 0.788. The number of para-hydroxylation sites is 1. The Morgan fingerprint density at radius 1 is 1.37 bits per heavy atom. The molecule has 1 heterocycles. The van der Waals surface area contributed by atoms with Gasteiger partial charge >= 0.3 is 0 Å². The minimum absolute atomic E-state index is 0.587. The third kappa shape index (κ3) is 3.21. The zero-order valence-electron chi connectivity index (χ0n) is 11.2. The van der Waals surface area contributed by atoms with Gasteiger partial charge in [-0.05, 0) is 31.3 Å². The van der Waals surface area contributed by atoms with Crippen molar-refractivity contribution in [3.63, 3.8) is 0 Å². The highest BCUT2D eigenvalue weighted by Gasteiger charge is 2.12. The standard InChI is InChI=1S/C13H18N4OS/c1-3-18-10-9-16(2)12-14-15-13(19)17(12)11-7-5-4-6-8-11/h4-8H,3,9-10H2,1-2H3,(H,15,19). The molecule has 0 saturated carbocycles. The first-order valence-corrected chi connectivity index (χ1v) is 6.66. The van der Waals surface area contributed by atoms with Crippen LogP contribution in [0.15, 0.2) is 30.3 Å². The number of nitrogens with zero attached hydrogens (tertiary/aromatic N) is 3. The first-order valence-electron chi connectivity index (χ1n) is 6.25. The Morgan fingerprint density at radius 3 is 2.79 bits per heavy atom. The van der Waals surface area contributed by atoms with Crippen LogP contribution in [0.4, 0.5) is 5.95 Å². The molecule has 2 rings (SSSR count). The summed E-state index contributed by atoms with van der Waals surface area (Å²) < 4.78 is 7.87. The molecular weight excluding hydrogens is 260 g/mol. The summed E-state index contributed by atoms with van der Waals surface area (Å²) in [7, 11) is 1.98. The third-order valence-corrected chi connectivity index (χ3v) is 3.06. The van der Waals surface area contributed by atoms with E-state index in [2.05, 4.69) is 10.2 Å². The number of ether oxygens (including phenoxy) is 1. The molecular formula is C13H18N4OS. The lowest BCUT2D eigenvalue weighted by molar-refractivity contribution is 0.154. The average molecular weight is 278 g/mol. The number of hydrogen-bond acceptors (Lipinski definition) is 4. The van der Waals surface area contributed by atoms with Gasteiger partial charge in [0.1, 0.15) is 0 Å². The highest BCUT2D eigenvalue weighted by Crippen LogP contribution is 2.16. The maximum absolute atomic E-state index is 5.36. The quantitative estimate of drug-likeness (QED) is 0.651. The van der Waals surface area contributed by atoms with Crippen LogP contribution in [-0.4, -0.2) is 41.6 Å². The van der Waals surface area contributed by atoms with Gasteiger partial charge in [0.2, 0.25) is 10.7 Å². The topological polar surface area (TPSA) is 46.1 Å². The lowest BCUT2D eigenvalue weighted by atomic mass is 10.3. The molecule has 0 saturated heterocycles. The molecule has 0 aliphatic heterocycles. The highest BCUT2D eigenvalue weighted by molar-refractivity contribution is 7.71. The third-order valence-electron chi connectivity index (χ3n) is 2.79. The fraction of sp³-hybridized carbons (Fsp3) is 0.385. The molecule has 0 aliphatic rings. The molecule has 0 atom stereocenters. The number of aromatic amines is 1. The Morgan fingerprint density at radius 2 is 2.11 bits per heavy atom. The number of aromatic nitrogens is 3. The van der Waals surface area contributed by atoms with Gasteiger partial charge in [-0.3, -0.25) is 4.57 Å². The van der Waals surface area contributed by atoms with Crippen LogP contribution in [0.2, 0.25) is 0 Å². The van der Waals surface area contributed by atoms with Gasteiger partial charge in [0.15, 0.2) is 0 Å². The Kier molecular flexibility index (Phi) is 4.70. The van der Waals surface area contributed by atoms with E-state index in [4.69, 9.17) is 17.0 Å².